The van der Waals surface area contributed by atoms with E-state index in [9.17, 15) is 14.9 Å². The second-order valence-electron chi connectivity index (χ2n) is 6.03. The molecule has 2 N–H and O–H groups in total. The summed E-state index contributed by atoms with van der Waals surface area (Å²) in [5, 5.41) is 17.4. The summed E-state index contributed by atoms with van der Waals surface area (Å²) in [6.45, 7) is 3.56. The van der Waals surface area contributed by atoms with Crippen LogP contribution in [0.15, 0.2) is 52.9 Å². The van der Waals surface area contributed by atoms with Crippen molar-refractivity contribution in [3.05, 3.63) is 70.0 Å². The topological polar surface area (TPSA) is 107 Å². The van der Waals surface area contributed by atoms with Gasteiger partial charge in [0.2, 0.25) is 0 Å². The van der Waals surface area contributed by atoms with Crippen LogP contribution >= 0.6 is 0 Å². The van der Waals surface area contributed by atoms with E-state index in [1.165, 1.54) is 12.1 Å². The first-order valence-electron chi connectivity index (χ1n) is 8.94. The molecule has 28 heavy (non-hydrogen) atoms. The largest absolute Gasteiger partial charge is 0.451 e. The zero-order chi connectivity index (χ0) is 19.9. The van der Waals surface area contributed by atoms with Gasteiger partial charge in [0.15, 0.2) is 5.76 Å². The summed E-state index contributed by atoms with van der Waals surface area (Å²) >= 11 is 0. The first-order valence-corrected chi connectivity index (χ1v) is 8.94. The number of rotatable bonds is 9. The molecule has 8 nitrogen and oxygen atoms in total. The summed E-state index contributed by atoms with van der Waals surface area (Å²) in [7, 11) is 0. The molecule has 1 heterocycles. The van der Waals surface area contributed by atoms with E-state index in [2.05, 4.69) is 10.6 Å². The fourth-order valence-electron chi connectivity index (χ4n) is 2.79. The van der Waals surface area contributed by atoms with Gasteiger partial charge < -0.3 is 19.8 Å². The quantitative estimate of drug-likeness (QED) is 0.331. The summed E-state index contributed by atoms with van der Waals surface area (Å²) in [5.74, 6) is -0.0543. The Morgan fingerprint density at radius 1 is 1.14 bits per heavy atom. The third-order valence-electron chi connectivity index (χ3n) is 4.17. The Morgan fingerprint density at radius 3 is 2.61 bits per heavy atom. The highest BCUT2D eigenvalue weighted by atomic mass is 16.6. The number of furan rings is 1. The van der Waals surface area contributed by atoms with Gasteiger partial charge in [-0.2, -0.15) is 0 Å². The normalized spacial score (nSPS) is 10.8. The van der Waals surface area contributed by atoms with Gasteiger partial charge in [-0.05, 0) is 25.1 Å². The van der Waals surface area contributed by atoms with Crippen molar-refractivity contribution >= 4 is 28.3 Å². The Kier molecular flexibility index (Phi) is 6.23. The molecule has 0 fully saturated rings. The number of hydrogen-bond acceptors (Lipinski definition) is 6. The molecule has 0 saturated carbocycles. The molecule has 1 aromatic heterocycles. The van der Waals surface area contributed by atoms with E-state index in [1.54, 1.807) is 12.1 Å². The number of nitro benzene ring substituents is 1. The third-order valence-corrected chi connectivity index (χ3v) is 4.17. The van der Waals surface area contributed by atoms with Crippen LogP contribution < -0.4 is 10.6 Å². The van der Waals surface area contributed by atoms with E-state index in [-0.39, 0.29) is 17.4 Å². The lowest BCUT2D eigenvalue weighted by Crippen LogP contribution is -2.29. The zero-order valence-corrected chi connectivity index (χ0v) is 15.4. The van der Waals surface area contributed by atoms with Gasteiger partial charge in [0.1, 0.15) is 5.58 Å². The Balaban J connectivity index is 1.59. The number of carbonyl (C=O) groups excluding carboxylic acids is 1. The van der Waals surface area contributed by atoms with Gasteiger partial charge >= 0.3 is 0 Å². The Morgan fingerprint density at radius 2 is 1.89 bits per heavy atom. The number of benzene rings is 2. The summed E-state index contributed by atoms with van der Waals surface area (Å²) in [5.41, 5.74) is 2.15. The van der Waals surface area contributed by atoms with Gasteiger partial charge in [-0.1, -0.05) is 18.2 Å². The monoisotopic (exact) mass is 383 g/mol. The van der Waals surface area contributed by atoms with Crippen LogP contribution in [0.5, 0.6) is 0 Å². The molecule has 8 heteroatoms. The minimum Gasteiger partial charge on any atom is -0.451 e. The summed E-state index contributed by atoms with van der Waals surface area (Å²) < 4.78 is 11.2. The Bertz CT molecular complexity index is 966. The zero-order valence-electron chi connectivity index (χ0n) is 15.4. The van der Waals surface area contributed by atoms with Crippen molar-refractivity contribution in [1.29, 1.82) is 0 Å². The molecule has 0 aliphatic carbocycles. The molecular formula is C20H21N3O5. The SMILES string of the molecule is CCOCc1c(C(=O)NCCNc2ccc([N+](=O)[O-])cc2)oc2ccccc12. The second kappa shape index (κ2) is 9.01. The minimum absolute atomic E-state index is 0.0329. The standard InChI is InChI=1S/C20H21N3O5/c1-2-27-13-17-16-5-3-4-6-18(16)28-19(17)20(24)22-12-11-21-14-7-9-15(10-8-14)23(25)26/h3-10,21H,2,11-13H2,1H3,(H,22,24). The highest BCUT2D eigenvalue weighted by molar-refractivity contribution is 5.99. The van der Waals surface area contributed by atoms with E-state index in [0.29, 0.717) is 31.9 Å². The maximum Gasteiger partial charge on any atom is 0.287 e. The minimum atomic E-state index is -0.447. The van der Waals surface area contributed by atoms with Crippen LogP contribution in [0.4, 0.5) is 11.4 Å². The van der Waals surface area contributed by atoms with Crippen molar-refractivity contribution in [3.63, 3.8) is 0 Å². The molecule has 0 bridgehead atoms. The predicted octanol–water partition coefficient (Wildman–Crippen LogP) is 3.72. The van der Waals surface area contributed by atoms with Crippen LogP contribution in [0, 0.1) is 10.1 Å². The van der Waals surface area contributed by atoms with Gasteiger partial charge in [0, 0.05) is 48.5 Å². The molecule has 0 aliphatic rings. The molecule has 0 spiro atoms. The number of hydrogen-bond donors (Lipinski definition) is 2. The van der Waals surface area contributed by atoms with E-state index in [1.807, 2.05) is 31.2 Å². The molecule has 0 atom stereocenters. The number of anilines is 1. The van der Waals surface area contributed by atoms with Crippen molar-refractivity contribution in [2.24, 2.45) is 0 Å². The number of nitrogens with one attached hydrogen (secondary N) is 2. The molecule has 0 radical (unpaired) electrons. The molecule has 0 saturated heterocycles. The first kappa shape index (κ1) is 19.4. The number of amides is 1. The van der Waals surface area contributed by atoms with Crippen molar-refractivity contribution in [2.75, 3.05) is 25.0 Å². The van der Waals surface area contributed by atoms with Crippen molar-refractivity contribution < 1.29 is 18.9 Å². The van der Waals surface area contributed by atoms with Crippen LogP contribution in [0.2, 0.25) is 0 Å². The summed E-state index contributed by atoms with van der Waals surface area (Å²) in [6, 6.07) is 13.6. The van der Waals surface area contributed by atoms with Gasteiger partial charge in [0.25, 0.3) is 11.6 Å². The lowest BCUT2D eigenvalue weighted by Gasteiger charge is -2.08. The summed E-state index contributed by atoms with van der Waals surface area (Å²) in [6.07, 6.45) is 0. The van der Waals surface area contributed by atoms with Crippen LogP contribution in [0.25, 0.3) is 11.0 Å². The number of carbonyl (C=O) groups is 1. The van der Waals surface area contributed by atoms with E-state index < -0.39 is 4.92 Å². The van der Waals surface area contributed by atoms with Crippen LogP contribution in [-0.4, -0.2) is 30.5 Å². The molecule has 146 valence electrons. The third kappa shape index (κ3) is 4.47. The van der Waals surface area contributed by atoms with Crippen LogP contribution in [0.1, 0.15) is 23.0 Å². The molecular weight excluding hydrogens is 362 g/mol. The maximum absolute atomic E-state index is 12.6. The van der Waals surface area contributed by atoms with Crippen LogP contribution in [0.3, 0.4) is 0 Å². The number of nitrogens with zero attached hydrogens (tertiary/aromatic N) is 1. The Hall–Kier alpha value is -3.39. The van der Waals surface area contributed by atoms with Crippen molar-refractivity contribution in [2.45, 2.75) is 13.5 Å². The Labute approximate surface area is 161 Å². The highest BCUT2D eigenvalue weighted by Crippen LogP contribution is 2.26. The lowest BCUT2D eigenvalue weighted by atomic mass is 10.1. The maximum atomic E-state index is 12.6. The van der Waals surface area contributed by atoms with Crippen molar-refractivity contribution in [1.82, 2.24) is 5.32 Å². The fraction of sp³-hybridized carbons (Fsp3) is 0.250. The number of non-ortho nitro benzene ring substituents is 1. The van der Waals surface area contributed by atoms with Gasteiger partial charge in [0.05, 0.1) is 11.5 Å². The number of fused-ring (bicyclic) bond motifs is 1. The van der Waals surface area contributed by atoms with Gasteiger partial charge in [-0.15, -0.1) is 0 Å². The van der Waals surface area contributed by atoms with Crippen molar-refractivity contribution in [3.8, 4) is 0 Å². The average Bonchev–Trinajstić information content (AvgIpc) is 3.08. The smallest absolute Gasteiger partial charge is 0.287 e. The number of nitro groups is 1. The lowest BCUT2D eigenvalue weighted by molar-refractivity contribution is -0.384. The van der Waals surface area contributed by atoms with Gasteiger partial charge in [-0.25, -0.2) is 0 Å². The molecule has 1 amide bonds. The van der Waals surface area contributed by atoms with E-state index >= 15 is 0 Å². The highest BCUT2D eigenvalue weighted by Gasteiger charge is 2.20. The molecule has 0 aliphatic heterocycles. The number of para-hydroxylation sites is 1. The van der Waals surface area contributed by atoms with Crippen LogP contribution in [-0.2, 0) is 11.3 Å². The predicted molar refractivity (Wildman–Crippen MR) is 105 cm³/mol. The molecule has 0 unspecified atom stereocenters. The van der Waals surface area contributed by atoms with Gasteiger partial charge in [-0.3, -0.25) is 14.9 Å². The molecule has 3 rings (SSSR count). The molecule has 2 aromatic carbocycles. The number of ether oxygens (including phenoxy) is 1. The fourth-order valence-corrected chi connectivity index (χ4v) is 2.79. The van der Waals surface area contributed by atoms with E-state index in [0.717, 1.165) is 16.6 Å². The second-order valence-corrected chi connectivity index (χ2v) is 6.03. The molecule has 3 aromatic rings. The van der Waals surface area contributed by atoms with E-state index in [4.69, 9.17) is 9.15 Å². The first-order chi connectivity index (χ1) is 13.6. The summed E-state index contributed by atoms with van der Waals surface area (Å²) in [4.78, 5) is 22.8. The average molecular weight is 383 g/mol.